The molecule has 20 aromatic heterocycles. The molecule has 0 atom stereocenters. The van der Waals surface area contributed by atoms with Gasteiger partial charge >= 0.3 is 0 Å². The molecule has 11 N–H and O–H groups in total. The van der Waals surface area contributed by atoms with Crippen molar-refractivity contribution in [2.75, 3.05) is 68.3 Å². The summed E-state index contributed by atoms with van der Waals surface area (Å²) in [4.78, 5) is 192. The number of aromatic amines is 8. The van der Waals surface area contributed by atoms with Gasteiger partial charge in [-0.3, -0.25) is 98.6 Å². The summed E-state index contributed by atoms with van der Waals surface area (Å²) in [6.45, 7) is 19.2. The zero-order chi connectivity index (χ0) is 102. The monoisotopic (exact) mass is 1980 g/mol. The molecule has 4 fully saturated rings. The van der Waals surface area contributed by atoms with Crippen LogP contribution in [0.4, 0.5) is 17.1 Å². The number of nitrogens with zero attached hydrogens (tertiary/aromatic N) is 24. The number of nitrogens with one attached hydrogen (secondary N) is 11. The van der Waals surface area contributed by atoms with E-state index in [0.29, 0.717) is 171 Å². The zero-order valence-electron chi connectivity index (χ0n) is 81.8. The van der Waals surface area contributed by atoms with E-state index in [9.17, 15) is 38.4 Å². The molecule has 43 nitrogen and oxygen atoms in total. The Balaban J connectivity index is 0.000000116. The van der Waals surface area contributed by atoms with Crippen molar-refractivity contribution in [3.05, 3.63) is 200 Å². The lowest BCUT2D eigenvalue weighted by Gasteiger charge is -2.14. The van der Waals surface area contributed by atoms with Gasteiger partial charge in [0.2, 0.25) is 17.7 Å². The smallest absolute Gasteiger partial charge is 0.257 e. The first-order chi connectivity index (χ1) is 72.0. The van der Waals surface area contributed by atoms with Gasteiger partial charge in [0.15, 0.2) is 45.9 Å². The van der Waals surface area contributed by atoms with Crippen LogP contribution < -0.4 is 16.0 Å². The number of fused-ring (bicyclic) bond motifs is 8. The Morgan fingerprint density at radius 1 is 0.318 bits per heavy atom. The number of hydrogen-bond acceptors (Lipinski definition) is 28. The predicted octanol–water partition coefficient (Wildman–Crippen LogP) is 15.5. The van der Waals surface area contributed by atoms with Crippen molar-refractivity contribution in [3.63, 3.8) is 0 Å². The molecular weight excluding hydrogens is 1880 g/mol. The number of amides is 7. The topological polar surface area (TPSA) is 570 Å². The first-order valence-corrected chi connectivity index (χ1v) is 49.2. The minimum absolute atomic E-state index is 0.0429. The molecule has 0 radical (unpaired) electrons. The molecule has 4 aliphatic rings. The van der Waals surface area contributed by atoms with E-state index >= 15 is 0 Å². The standard InChI is InChI=1S/C27H27N9O2.2C26H25N9O2.C26H24N8O2/c1-15(2)7-22(37)31-18-8-16(10-28-12-18)17-9-19-24(34-35-25(19)30-11-17)26-32-21-14-29-13-20(23(21)33-26)27(38)36-5-3-4-6-36;2*1-14(2)25(36)30-17-7-15(9-27-11-17)16-8-18-22(33-34-23(18)29-10-16)24-31-20-13-28-12-19(21(20)32-24)26(37)35-5-3-4-6-35;1-2-18(35)10-17-6-5-15(11-28-17)16-9-19-23(32-33-24(19)29-12-16)25-30-21-14-27-13-20(22(21)31-25)26(36)34-7-3-4-8-34/h8-15H,3-7H2,1-2H3,(H,31,37)(H,32,33)(H,30,34,35);2*7-14H,3-6H2,1-2H3,(H,30,36)(H,31,32)(H,29,33,34);5-6,9,11-14H,2-4,7-8,10H2,1H3,(H,30,31)(H,29,32,33). The maximum atomic E-state index is 13.1. The molecule has 0 aliphatic carbocycles. The van der Waals surface area contributed by atoms with Crippen LogP contribution >= 0.6 is 0 Å². The van der Waals surface area contributed by atoms with Crippen LogP contribution in [0.5, 0.6) is 0 Å². The SMILES string of the molecule is CC(C)C(=O)Nc1cncc(-c2cnc3n[nH]c(-c4nc5c(C(=O)N6CCCC6)cncc5[nH]4)c3c2)c1.CC(C)C(=O)Nc1cncc(-c2cnc3n[nH]c(-c4nc5c(C(=O)N6CCCC6)cncc5[nH]4)c3c2)c1.CC(C)CC(=O)Nc1cncc(-c2cnc3n[nH]c(-c4nc5c(C(=O)N6CCCC6)cncc5[nH]4)c3c2)c1.CCC(=O)Cc1ccc(-c2cnc3n[nH]c(-c4nc5c(C(=O)N6CCCC6)cncc5[nH]4)c3c2)cn1. The van der Waals surface area contributed by atoms with Crippen molar-refractivity contribution in [3.8, 4) is 90.6 Å². The highest BCUT2D eigenvalue weighted by molar-refractivity contribution is 6.10. The molecule has 0 unspecified atom stereocenters. The van der Waals surface area contributed by atoms with Gasteiger partial charge in [0, 0.05) is 208 Å². The van der Waals surface area contributed by atoms with Gasteiger partial charge in [0.05, 0.1) is 126 Å². The normalized spacial score (nSPS) is 13.6. The van der Waals surface area contributed by atoms with Crippen molar-refractivity contribution in [1.82, 2.24) is 160 Å². The number of ketones is 1. The summed E-state index contributed by atoms with van der Waals surface area (Å²) in [6.07, 6.45) is 41.1. The fourth-order valence-electron chi connectivity index (χ4n) is 18.3. The van der Waals surface area contributed by atoms with Crippen LogP contribution in [0.15, 0.2) is 172 Å². The molecule has 0 aromatic carbocycles. The van der Waals surface area contributed by atoms with Crippen molar-refractivity contribution >= 4 is 152 Å². The van der Waals surface area contributed by atoms with E-state index in [-0.39, 0.29) is 64.9 Å². The summed E-state index contributed by atoms with van der Waals surface area (Å²) >= 11 is 0. The summed E-state index contributed by atoms with van der Waals surface area (Å²) in [5.41, 5.74) is 20.9. The summed E-state index contributed by atoms with van der Waals surface area (Å²) in [5, 5.41) is 41.2. The van der Waals surface area contributed by atoms with Crippen LogP contribution in [0.3, 0.4) is 0 Å². The van der Waals surface area contributed by atoms with Crippen LogP contribution in [0.25, 0.3) is 179 Å². The molecule has 744 valence electrons. The van der Waals surface area contributed by atoms with Crippen LogP contribution in [0, 0.1) is 17.8 Å². The number of likely N-dealkylation sites (tertiary alicyclic amines) is 4. The Morgan fingerprint density at radius 3 is 0.872 bits per heavy atom. The molecule has 24 heterocycles. The van der Waals surface area contributed by atoms with Gasteiger partial charge in [-0.25, -0.2) is 39.9 Å². The molecular formula is C105H101N35O8. The number of H-pyrrole nitrogens is 8. The molecule has 148 heavy (non-hydrogen) atoms. The van der Waals surface area contributed by atoms with Gasteiger partial charge in [0.25, 0.3) is 23.6 Å². The Bertz CT molecular complexity index is 8270. The van der Waals surface area contributed by atoms with Crippen LogP contribution in [-0.4, -0.2) is 260 Å². The average Bonchev–Trinajstić information content (AvgIpc) is 1.62. The lowest BCUT2D eigenvalue weighted by molar-refractivity contribution is -0.119. The van der Waals surface area contributed by atoms with Gasteiger partial charge in [-0.05, 0) is 106 Å². The summed E-state index contributed by atoms with van der Waals surface area (Å²) in [6, 6.07) is 17.2. The van der Waals surface area contributed by atoms with Gasteiger partial charge in [-0.15, -0.1) is 0 Å². The first-order valence-electron chi connectivity index (χ1n) is 49.2. The second-order valence-electron chi connectivity index (χ2n) is 37.9. The fraction of sp³-hybridized carbons (Fsp3) is 0.276. The van der Waals surface area contributed by atoms with Crippen molar-refractivity contribution in [1.29, 1.82) is 0 Å². The molecule has 20 aromatic rings. The van der Waals surface area contributed by atoms with Crippen LogP contribution in [0.1, 0.15) is 160 Å². The fourth-order valence-corrected chi connectivity index (χ4v) is 18.3. The molecule has 0 bridgehead atoms. The van der Waals surface area contributed by atoms with E-state index in [1.165, 1.54) is 0 Å². The molecule has 43 heteroatoms. The van der Waals surface area contributed by atoms with Crippen LogP contribution in [-0.2, 0) is 25.6 Å². The maximum absolute atomic E-state index is 13.1. The van der Waals surface area contributed by atoms with Gasteiger partial charge in [-0.2, -0.15) is 20.4 Å². The van der Waals surface area contributed by atoms with Crippen molar-refractivity contribution < 1.29 is 38.4 Å². The van der Waals surface area contributed by atoms with E-state index in [1.54, 1.807) is 118 Å². The lowest BCUT2D eigenvalue weighted by atomic mass is 10.1. The third kappa shape index (κ3) is 20.0. The lowest BCUT2D eigenvalue weighted by Crippen LogP contribution is -2.27. The highest BCUT2D eigenvalue weighted by Gasteiger charge is 2.32. The highest BCUT2D eigenvalue weighted by atomic mass is 16.2. The van der Waals surface area contributed by atoms with Gasteiger partial charge in [-0.1, -0.05) is 54.5 Å². The van der Waals surface area contributed by atoms with Gasteiger partial charge in [0.1, 0.15) is 50.6 Å². The predicted molar refractivity (Wildman–Crippen MR) is 555 cm³/mol. The maximum Gasteiger partial charge on any atom is 0.257 e. The Hall–Kier alpha value is -18.5. The number of imidazole rings is 4. The number of Topliss-reactive ketones (excluding diaryl/α,β-unsaturated/α-hetero) is 1. The second-order valence-corrected chi connectivity index (χ2v) is 37.9. The number of pyridine rings is 12. The quantitative estimate of drug-likeness (QED) is 0.0300. The Kier molecular flexibility index (Phi) is 26.8. The van der Waals surface area contributed by atoms with Crippen molar-refractivity contribution in [2.24, 2.45) is 17.8 Å². The number of rotatable bonds is 22. The molecule has 7 amide bonds. The number of carbonyl (C=O) groups is 8. The van der Waals surface area contributed by atoms with Crippen LogP contribution in [0.2, 0.25) is 0 Å². The molecule has 0 saturated carbocycles. The van der Waals surface area contributed by atoms with E-state index in [2.05, 4.69) is 136 Å². The largest absolute Gasteiger partial charge is 0.339 e. The Labute approximate surface area is 842 Å². The summed E-state index contributed by atoms with van der Waals surface area (Å²) < 4.78 is 0. The third-order valence-electron chi connectivity index (χ3n) is 26.3. The average molecular weight is 1980 g/mol. The number of aromatic nitrogens is 28. The molecule has 4 aliphatic heterocycles. The summed E-state index contributed by atoms with van der Waals surface area (Å²) in [5.74, 6) is 1.92. The minimum Gasteiger partial charge on any atom is -0.339 e. The zero-order valence-corrected chi connectivity index (χ0v) is 81.8. The third-order valence-corrected chi connectivity index (χ3v) is 26.3. The number of anilines is 3. The minimum atomic E-state index is -0.139. The van der Waals surface area contributed by atoms with E-state index in [0.717, 1.165) is 175 Å². The Morgan fingerprint density at radius 2 is 0.595 bits per heavy atom. The van der Waals surface area contributed by atoms with E-state index in [4.69, 9.17) is 19.9 Å². The number of carbonyl (C=O) groups excluding carboxylic acids is 8. The van der Waals surface area contributed by atoms with E-state index in [1.807, 2.05) is 123 Å². The molecule has 24 rings (SSSR count). The highest BCUT2D eigenvalue weighted by Crippen LogP contribution is 2.38. The molecule has 4 saturated heterocycles. The van der Waals surface area contributed by atoms with E-state index < -0.39 is 0 Å². The second kappa shape index (κ2) is 41.5. The first kappa shape index (κ1) is 95.7. The summed E-state index contributed by atoms with van der Waals surface area (Å²) in [7, 11) is 0. The number of hydrogen-bond donors (Lipinski definition) is 11. The van der Waals surface area contributed by atoms with Crippen molar-refractivity contribution in [2.45, 2.75) is 119 Å². The van der Waals surface area contributed by atoms with Gasteiger partial charge < -0.3 is 55.5 Å². The molecule has 0 spiro atoms.